The Morgan fingerprint density at radius 3 is 2.50 bits per heavy atom. The lowest BCUT2D eigenvalue weighted by Gasteiger charge is -2.23. The van der Waals surface area contributed by atoms with Gasteiger partial charge < -0.3 is 19.7 Å². The van der Waals surface area contributed by atoms with E-state index in [9.17, 15) is 10.1 Å². The number of rotatable bonds is 10. The van der Waals surface area contributed by atoms with Crippen LogP contribution in [0.3, 0.4) is 0 Å². The number of methoxy groups -OCH3 is 2. The molecule has 0 fully saturated rings. The molecule has 2 aromatic heterocycles. The molecule has 158 valence electrons. The van der Waals surface area contributed by atoms with Crippen LogP contribution in [0.4, 0.5) is 23.0 Å². The van der Waals surface area contributed by atoms with Gasteiger partial charge in [-0.2, -0.15) is 0 Å². The van der Waals surface area contributed by atoms with Crippen LogP contribution in [-0.4, -0.2) is 60.4 Å². The van der Waals surface area contributed by atoms with Gasteiger partial charge in [0.1, 0.15) is 6.33 Å². The van der Waals surface area contributed by atoms with Crippen molar-refractivity contribution in [1.29, 1.82) is 0 Å². The number of nitrogens with zero attached hydrogens (tertiary/aromatic N) is 5. The highest BCUT2D eigenvalue weighted by atomic mass is 16.6. The van der Waals surface area contributed by atoms with Crippen LogP contribution in [0.2, 0.25) is 0 Å². The highest BCUT2D eigenvalue weighted by Gasteiger charge is 2.27. The van der Waals surface area contributed by atoms with Crippen molar-refractivity contribution in [3.05, 3.63) is 52.5 Å². The van der Waals surface area contributed by atoms with Crippen molar-refractivity contribution in [3.63, 3.8) is 0 Å². The molecule has 0 saturated heterocycles. The molecule has 0 bridgehead atoms. The number of ether oxygens (including phenoxy) is 2. The van der Waals surface area contributed by atoms with Crippen molar-refractivity contribution in [3.8, 4) is 0 Å². The topological polar surface area (TPSA) is 116 Å². The average molecular weight is 412 g/mol. The van der Waals surface area contributed by atoms with Gasteiger partial charge in [-0.3, -0.25) is 15.1 Å². The van der Waals surface area contributed by atoms with Gasteiger partial charge in [0.05, 0.1) is 29.3 Å². The van der Waals surface area contributed by atoms with Crippen molar-refractivity contribution < 1.29 is 14.4 Å². The summed E-state index contributed by atoms with van der Waals surface area (Å²) in [6.07, 6.45) is 1.31. The summed E-state index contributed by atoms with van der Waals surface area (Å²) in [6.45, 7) is 3.52. The molecule has 0 aliphatic rings. The molecule has 0 spiro atoms. The van der Waals surface area contributed by atoms with Gasteiger partial charge in [0.2, 0.25) is 11.6 Å². The highest BCUT2D eigenvalue weighted by Crippen LogP contribution is 2.35. The van der Waals surface area contributed by atoms with Gasteiger partial charge in [0.25, 0.3) is 0 Å². The first-order valence-electron chi connectivity index (χ1n) is 9.40. The van der Waals surface area contributed by atoms with Gasteiger partial charge in [-0.15, -0.1) is 0 Å². The van der Waals surface area contributed by atoms with E-state index in [0.29, 0.717) is 37.5 Å². The second kappa shape index (κ2) is 9.90. The Hall–Kier alpha value is -3.37. The zero-order valence-electron chi connectivity index (χ0n) is 17.2. The molecule has 2 heterocycles. The lowest BCUT2D eigenvalue weighted by Crippen LogP contribution is -2.32. The highest BCUT2D eigenvalue weighted by molar-refractivity contribution is 5.93. The monoisotopic (exact) mass is 412 g/mol. The molecule has 0 amide bonds. The Morgan fingerprint density at radius 2 is 1.83 bits per heavy atom. The van der Waals surface area contributed by atoms with Gasteiger partial charge in [-0.25, -0.2) is 9.97 Å². The number of aryl methyl sites for hydroxylation is 1. The fourth-order valence-electron chi connectivity index (χ4n) is 3.06. The number of nitrogens with one attached hydrogen (secondary N) is 1. The van der Waals surface area contributed by atoms with E-state index in [0.717, 1.165) is 11.1 Å². The first-order chi connectivity index (χ1) is 14.5. The predicted octanol–water partition coefficient (Wildman–Crippen LogP) is 3.08. The first-order valence-corrected chi connectivity index (χ1v) is 9.40. The second-order valence-corrected chi connectivity index (χ2v) is 6.58. The van der Waals surface area contributed by atoms with E-state index < -0.39 is 4.92 Å². The minimum Gasteiger partial charge on any atom is -0.383 e. The Bertz CT molecular complexity index is 1020. The van der Waals surface area contributed by atoms with Crippen LogP contribution in [0.5, 0.6) is 0 Å². The lowest BCUT2D eigenvalue weighted by atomic mass is 10.1. The van der Waals surface area contributed by atoms with E-state index in [1.54, 1.807) is 19.1 Å². The van der Waals surface area contributed by atoms with Crippen LogP contribution >= 0.6 is 0 Å². The maximum atomic E-state index is 12.0. The van der Waals surface area contributed by atoms with Gasteiger partial charge in [0, 0.05) is 38.4 Å². The molecule has 1 N–H and O–H groups in total. The molecule has 0 saturated carbocycles. The molecule has 10 nitrogen and oxygen atoms in total. The number of anilines is 3. The number of para-hydroxylation sites is 1. The van der Waals surface area contributed by atoms with Crippen molar-refractivity contribution in [2.75, 3.05) is 50.7 Å². The van der Waals surface area contributed by atoms with Crippen molar-refractivity contribution in [1.82, 2.24) is 15.0 Å². The maximum Gasteiger partial charge on any atom is 0.353 e. The van der Waals surface area contributed by atoms with E-state index >= 15 is 0 Å². The molecular formula is C20H24N6O4. The minimum atomic E-state index is -0.478. The van der Waals surface area contributed by atoms with Crippen molar-refractivity contribution >= 4 is 33.9 Å². The smallest absolute Gasteiger partial charge is 0.353 e. The summed E-state index contributed by atoms with van der Waals surface area (Å²) in [5, 5.41) is 16.0. The number of aromatic nitrogens is 3. The summed E-state index contributed by atoms with van der Waals surface area (Å²) in [7, 11) is 3.15. The standard InChI is InChI=1S/C20H24N6O4/c1-14-7-8-15-5-4-6-16(17(15)23-14)24-19-18(26(27)28)20(22-13-21-19)25(9-11-29-2)10-12-30-3/h4-8,13H,9-12H2,1-3H3,(H,21,22,24). The number of nitro groups is 1. The molecule has 0 atom stereocenters. The summed E-state index contributed by atoms with van der Waals surface area (Å²) in [5.41, 5.74) is 1.97. The average Bonchev–Trinajstić information content (AvgIpc) is 2.74. The van der Waals surface area contributed by atoms with Crippen LogP contribution in [0.25, 0.3) is 10.9 Å². The molecule has 3 rings (SSSR count). The minimum absolute atomic E-state index is 0.0978. The molecule has 0 unspecified atom stereocenters. The summed E-state index contributed by atoms with van der Waals surface area (Å²) < 4.78 is 10.3. The molecule has 0 radical (unpaired) electrons. The van der Waals surface area contributed by atoms with Crippen LogP contribution in [0, 0.1) is 17.0 Å². The van der Waals surface area contributed by atoms with E-state index in [-0.39, 0.29) is 17.3 Å². The summed E-state index contributed by atoms with van der Waals surface area (Å²) in [5.74, 6) is 0.302. The Labute approximate surface area is 174 Å². The van der Waals surface area contributed by atoms with Gasteiger partial charge in [-0.05, 0) is 19.1 Å². The number of benzene rings is 1. The Kier molecular flexibility index (Phi) is 7.04. The van der Waals surface area contributed by atoms with Gasteiger partial charge >= 0.3 is 5.69 Å². The van der Waals surface area contributed by atoms with Gasteiger partial charge in [-0.1, -0.05) is 18.2 Å². The predicted molar refractivity (Wildman–Crippen MR) is 114 cm³/mol. The molecule has 30 heavy (non-hydrogen) atoms. The Balaban J connectivity index is 2.05. The quantitative estimate of drug-likeness (QED) is 0.396. The zero-order chi connectivity index (χ0) is 21.5. The fraction of sp³-hybridized carbons (Fsp3) is 0.350. The third-order valence-electron chi connectivity index (χ3n) is 4.53. The first kappa shape index (κ1) is 21.3. The summed E-state index contributed by atoms with van der Waals surface area (Å²) >= 11 is 0. The van der Waals surface area contributed by atoms with Crippen LogP contribution in [-0.2, 0) is 9.47 Å². The molecular weight excluding hydrogens is 388 g/mol. The zero-order valence-corrected chi connectivity index (χ0v) is 17.2. The van der Waals surface area contributed by atoms with Crippen LogP contribution in [0.15, 0.2) is 36.7 Å². The normalized spacial score (nSPS) is 10.9. The van der Waals surface area contributed by atoms with Gasteiger partial charge in [0.15, 0.2) is 0 Å². The molecule has 0 aliphatic carbocycles. The molecule has 3 aromatic rings. The third kappa shape index (κ3) is 4.78. The SMILES string of the molecule is COCCN(CCOC)c1ncnc(Nc2cccc3ccc(C)nc23)c1[N+](=O)[O-]. The van der Waals surface area contributed by atoms with E-state index in [1.807, 2.05) is 37.3 Å². The molecule has 10 heteroatoms. The fourth-order valence-corrected chi connectivity index (χ4v) is 3.06. The number of pyridine rings is 1. The number of fused-ring (bicyclic) bond motifs is 1. The summed E-state index contributed by atoms with van der Waals surface area (Å²) in [6, 6.07) is 9.48. The van der Waals surface area contributed by atoms with Crippen LogP contribution in [0.1, 0.15) is 5.69 Å². The van der Waals surface area contributed by atoms with E-state index in [4.69, 9.17) is 9.47 Å². The van der Waals surface area contributed by atoms with Crippen molar-refractivity contribution in [2.45, 2.75) is 6.92 Å². The second-order valence-electron chi connectivity index (χ2n) is 6.58. The number of hydrogen-bond acceptors (Lipinski definition) is 9. The molecule has 0 aliphatic heterocycles. The van der Waals surface area contributed by atoms with Crippen LogP contribution < -0.4 is 10.2 Å². The summed E-state index contributed by atoms with van der Waals surface area (Å²) in [4.78, 5) is 26.2. The molecule has 1 aromatic carbocycles. The number of hydrogen-bond donors (Lipinski definition) is 1. The maximum absolute atomic E-state index is 12.0. The Morgan fingerprint density at radius 1 is 1.10 bits per heavy atom. The van der Waals surface area contributed by atoms with E-state index in [1.165, 1.54) is 6.33 Å². The van der Waals surface area contributed by atoms with E-state index in [2.05, 4.69) is 20.3 Å². The largest absolute Gasteiger partial charge is 0.383 e. The lowest BCUT2D eigenvalue weighted by molar-refractivity contribution is -0.383. The van der Waals surface area contributed by atoms with Crippen molar-refractivity contribution in [2.24, 2.45) is 0 Å². The third-order valence-corrected chi connectivity index (χ3v) is 4.53.